The van der Waals surface area contributed by atoms with Crippen molar-refractivity contribution < 1.29 is 9.90 Å². The van der Waals surface area contributed by atoms with Gasteiger partial charge in [0.25, 0.3) is 5.91 Å². The molecule has 0 bridgehead atoms. The largest absolute Gasteiger partial charge is 0.380 e. The Morgan fingerprint density at radius 2 is 1.96 bits per heavy atom. The highest BCUT2D eigenvalue weighted by Crippen LogP contribution is 2.30. The number of hydrogen-bond acceptors (Lipinski definition) is 3. The van der Waals surface area contributed by atoms with Crippen molar-refractivity contribution >= 4 is 5.91 Å². The first-order chi connectivity index (χ1) is 11.0. The van der Waals surface area contributed by atoms with Gasteiger partial charge in [0.2, 0.25) is 0 Å². The van der Waals surface area contributed by atoms with E-state index in [1.165, 1.54) is 0 Å². The lowest BCUT2D eigenvalue weighted by atomic mass is 10.00. The Hall–Kier alpha value is -2.14. The van der Waals surface area contributed by atoms with Crippen LogP contribution in [0.1, 0.15) is 50.0 Å². The van der Waals surface area contributed by atoms with Gasteiger partial charge in [0.05, 0.1) is 6.04 Å². The fraction of sp³-hybridized carbons (Fsp3) is 0.444. The molecule has 1 aliphatic carbocycles. The highest BCUT2D eigenvalue weighted by Gasteiger charge is 2.39. The molecule has 2 N–H and O–H groups in total. The van der Waals surface area contributed by atoms with Gasteiger partial charge in [0, 0.05) is 18.1 Å². The summed E-state index contributed by atoms with van der Waals surface area (Å²) in [5, 5.41) is 13.3. The van der Waals surface area contributed by atoms with Crippen molar-refractivity contribution in [2.75, 3.05) is 0 Å². The number of nitrogens with zero attached hydrogens (tertiary/aromatic N) is 2. The predicted molar refractivity (Wildman–Crippen MR) is 88.3 cm³/mol. The quantitative estimate of drug-likeness (QED) is 0.912. The SMILES string of the molecule is Cc1nccn1-c1ccc(C(C)NC(=O)C2(O)CCCC2)cc1. The zero-order chi connectivity index (χ0) is 16.4. The maximum atomic E-state index is 12.3. The second kappa shape index (κ2) is 6.16. The Labute approximate surface area is 136 Å². The van der Waals surface area contributed by atoms with Gasteiger partial charge in [-0.3, -0.25) is 4.79 Å². The highest BCUT2D eigenvalue weighted by molar-refractivity contribution is 5.85. The Morgan fingerprint density at radius 1 is 1.30 bits per heavy atom. The van der Waals surface area contributed by atoms with E-state index in [0.717, 1.165) is 29.9 Å². The van der Waals surface area contributed by atoms with E-state index in [0.29, 0.717) is 12.8 Å². The van der Waals surface area contributed by atoms with Crippen LogP contribution in [0.4, 0.5) is 0 Å². The summed E-state index contributed by atoms with van der Waals surface area (Å²) < 4.78 is 2.01. The van der Waals surface area contributed by atoms with Crippen molar-refractivity contribution in [3.05, 3.63) is 48.0 Å². The number of aryl methyl sites for hydroxylation is 1. The number of imidazole rings is 1. The third-order valence-corrected chi connectivity index (χ3v) is 4.70. The number of carbonyl (C=O) groups is 1. The van der Waals surface area contributed by atoms with E-state index in [-0.39, 0.29) is 11.9 Å². The van der Waals surface area contributed by atoms with Gasteiger partial charge in [-0.15, -0.1) is 0 Å². The van der Waals surface area contributed by atoms with Crippen LogP contribution in [0.2, 0.25) is 0 Å². The minimum absolute atomic E-state index is 0.134. The summed E-state index contributed by atoms with van der Waals surface area (Å²) in [6.07, 6.45) is 6.64. The van der Waals surface area contributed by atoms with Crippen LogP contribution in [0.25, 0.3) is 5.69 Å². The number of rotatable bonds is 4. The average molecular weight is 313 g/mol. The number of amides is 1. The Morgan fingerprint density at radius 3 is 2.52 bits per heavy atom. The molecule has 23 heavy (non-hydrogen) atoms. The van der Waals surface area contributed by atoms with Gasteiger partial charge in [-0.1, -0.05) is 12.1 Å². The number of nitrogens with one attached hydrogen (secondary N) is 1. The molecular formula is C18H23N3O2. The van der Waals surface area contributed by atoms with Gasteiger partial charge in [0.15, 0.2) is 0 Å². The van der Waals surface area contributed by atoms with E-state index in [4.69, 9.17) is 0 Å². The van der Waals surface area contributed by atoms with Crippen molar-refractivity contribution in [2.45, 2.75) is 51.2 Å². The molecule has 3 rings (SSSR count). The van der Waals surface area contributed by atoms with Crippen LogP contribution in [-0.2, 0) is 4.79 Å². The van der Waals surface area contributed by atoms with Crippen LogP contribution in [0, 0.1) is 6.92 Å². The zero-order valence-corrected chi connectivity index (χ0v) is 13.6. The maximum absolute atomic E-state index is 12.3. The van der Waals surface area contributed by atoms with Crippen molar-refractivity contribution in [3.63, 3.8) is 0 Å². The number of hydrogen-bond donors (Lipinski definition) is 2. The maximum Gasteiger partial charge on any atom is 0.252 e. The third kappa shape index (κ3) is 3.15. The van der Waals surface area contributed by atoms with Crippen LogP contribution in [0.15, 0.2) is 36.7 Å². The minimum atomic E-state index is -1.18. The molecule has 2 aromatic rings. The number of aliphatic hydroxyl groups is 1. The number of benzene rings is 1. The van der Waals surface area contributed by atoms with E-state index in [1.807, 2.05) is 48.9 Å². The Balaban J connectivity index is 1.69. The number of aromatic nitrogens is 2. The van der Waals surface area contributed by atoms with E-state index in [2.05, 4.69) is 10.3 Å². The van der Waals surface area contributed by atoms with Crippen molar-refractivity contribution in [1.82, 2.24) is 14.9 Å². The smallest absolute Gasteiger partial charge is 0.252 e. The number of carbonyl (C=O) groups excluding carboxylic acids is 1. The summed E-state index contributed by atoms with van der Waals surface area (Å²) in [6.45, 7) is 3.90. The first-order valence-electron chi connectivity index (χ1n) is 8.13. The molecular weight excluding hydrogens is 290 g/mol. The fourth-order valence-electron chi connectivity index (χ4n) is 3.18. The minimum Gasteiger partial charge on any atom is -0.380 e. The lowest BCUT2D eigenvalue weighted by molar-refractivity contribution is -0.139. The molecule has 5 nitrogen and oxygen atoms in total. The van der Waals surface area contributed by atoms with Gasteiger partial charge in [0.1, 0.15) is 11.4 Å². The molecule has 0 spiro atoms. The normalized spacial score (nSPS) is 17.9. The standard InChI is InChI=1S/C18H23N3O2/c1-13(20-17(22)18(23)9-3-4-10-18)15-5-7-16(8-6-15)21-12-11-19-14(21)2/h5-8,11-13,23H,3-4,9-10H2,1-2H3,(H,20,22). The molecule has 1 unspecified atom stereocenters. The molecule has 0 saturated heterocycles. The van der Waals surface area contributed by atoms with Gasteiger partial charge < -0.3 is 15.0 Å². The van der Waals surface area contributed by atoms with E-state index in [9.17, 15) is 9.90 Å². The Kier molecular flexibility index (Phi) is 4.22. The summed E-state index contributed by atoms with van der Waals surface area (Å²) in [5.41, 5.74) is 0.875. The second-order valence-corrected chi connectivity index (χ2v) is 6.37. The summed E-state index contributed by atoms with van der Waals surface area (Å²) in [7, 11) is 0. The topological polar surface area (TPSA) is 67.2 Å². The van der Waals surface area contributed by atoms with Crippen molar-refractivity contribution in [3.8, 4) is 5.69 Å². The van der Waals surface area contributed by atoms with Crippen LogP contribution >= 0.6 is 0 Å². The molecule has 1 saturated carbocycles. The van der Waals surface area contributed by atoms with E-state index >= 15 is 0 Å². The summed E-state index contributed by atoms with van der Waals surface area (Å²) in [5.74, 6) is 0.680. The van der Waals surface area contributed by atoms with Crippen LogP contribution in [0.3, 0.4) is 0 Å². The summed E-state index contributed by atoms with van der Waals surface area (Å²) in [4.78, 5) is 16.5. The van der Waals surface area contributed by atoms with Gasteiger partial charge in [-0.05, 0) is 57.2 Å². The van der Waals surface area contributed by atoms with Crippen LogP contribution in [-0.4, -0.2) is 26.2 Å². The fourth-order valence-corrected chi connectivity index (χ4v) is 3.18. The zero-order valence-electron chi connectivity index (χ0n) is 13.6. The molecule has 1 aromatic carbocycles. The summed E-state index contributed by atoms with van der Waals surface area (Å²) >= 11 is 0. The molecule has 1 heterocycles. The Bertz CT molecular complexity index is 685. The second-order valence-electron chi connectivity index (χ2n) is 6.37. The van der Waals surface area contributed by atoms with Gasteiger partial charge in [-0.25, -0.2) is 4.98 Å². The van der Waals surface area contributed by atoms with E-state index in [1.54, 1.807) is 6.20 Å². The van der Waals surface area contributed by atoms with E-state index < -0.39 is 5.60 Å². The molecule has 0 radical (unpaired) electrons. The average Bonchev–Trinajstić information content (AvgIpc) is 3.17. The monoisotopic (exact) mass is 313 g/mol. The lowest BCUT2D eigenvalue weighted by Gasteiger charge is -2.24. The van der Waals surface area contributed by atoms with Gasteiger partial charge in [-0.2, -0.15) is 0 Å². The molecule has 0 aliphatic heterocycles. The van der Waals surface area contributed by atoms with Crippen molar-refractivity contribution in [1.29, 1.82) is 0 Å². The predicted octanol–water partition coefficient (Wildman–Crippen LogP) is 2.66. The molecule has 1 fully saturated rings. The molecule has 122 valence electrons. The lowest BCUT2D eigenvalue weighted by Crippen LogP contribution is -2.45. The molecule has 1 amide bonds. The first-order valence-corrected chi connectivity index (χ1v) is 8.13. The molecule has 1 aliphatic rings. The van der Waals surface area contributed by atoms with Crippen LogP contribution in [0.5, 0.6) is 0 Å². The molecule has 1 atom stereocenters. The molecule has 5 heteroatoms. The van der Waals surface area contributed by atoms with Crippen LogP contribution < -0.4 is 5.32 Å². The highest BCUT2D eigenvalue weighted by atomic mass is 16.3. The van der Waals surface area contributed by atoms with Crippen molar-refractivity contribution in [2.24, 2.45) is 0 Å². The van der Waals surface area contributed by atoms with Gasteiger partial charge >= 0.3 is 0 Å². The first kappa shape index (κ1) is 15.7. The third-order valence-electron chi connectivity index (χ3n) is 4.70. The summed E-state index contributed by atoms with van der Waals surface area (Å²) in [6, 6.07) is 7.88. The molecule has 1 aromatic heterocycles.